The molecule has 6 heteroatoms. The van der Waals surface area contributed by atoms with E-state index in [-0.39, 0.29) is 12.4 Å². The summed E-state index contributed by atoms with van der Waals surface area (Å²) in [6.07, 6.45) is 1.46. The Morgan fingerprint density at radius 2 is 1.50 bits per heavy atom. The summed E-state index contributed by atoms with van der Waals surface area (Å²) in [5.41, 5.74) is 0. The van der Waals surface area contributed by atoms with Crippen molar-refractivity contribution in [2.75, 3.05) is 0 Å². The van der Waals surface area contributed by atoms with Gasteiger partial charge in [0.1, 0.15) is 6.10 Å². The van der Waals surface area contributed by atoms with Crippen LogP contribution >= 0.6 is 0 Å². The van der Waals surface area contributed by atoms with Gasteiger partial charge in [0.2, 0.25) is 0 Å². The minimum absolute atomic E-state index is 0.132. The third-order valence-electron chi connectivity index (χ3n) is 2.51. The van der Waals surface area contributed by atoms with E-state index in [9.17, 15) is 5.11 Å². The molecule has 0 radical (unpaired) electrons. The van der Waals surface area contributed by atoms with Crippen LogP contribution in [-0.2, 0) is 13.6 Å². The maximum atomic E-state index is 9.61. The van der Waals surface area contributed by atoms with Crippen molar-refractivity contribution in [3.63, 3.8) is 0 Å². The number of hydrogen-bond acceptors (Lipinski definition) is 4. The summed E-state index contributed by atoms with van der Waals surface area (Å²) in [5, 5.41) is 9.61. The fourth-order valence-corrected chi connectivity index (χ4v) is 3.79. The van der Waals surface area contributed by atoms with Crippen LogP contribution in [0.4, 0.5) is 0 Å². The molecule has 0 saturated carbocycles. The lowest BCUT2D eigenvalue weighted by Gasteiger charge is -2.38. The van der Waals surface area contributed by atoms with Gasteiger partial charge in [-0.1, -0.05) is 0 Å². The quantitative estimate of drug-likeness (QED) is 0.625. The molecule has 1 fully saturated rings. The molecule has 0 aromatic rings. The SMILES string of the molecule is C[Si](C)(C)OC(O[Si](C)(C)C)C1CCCC(O)O1. The molecular weight excluding hydrogens is 264 g/mol. The van der Waals surface area contributed by atoms with Gasteiger partial charge in [0, 0.05) is 0 Å². The molecule has 2 atom stereocenters. The second kappa shape index (κ2) is 6.15. The first-order chi connectivity index (χ1) is 8.07. The summed E-state index contributed by atoms with van der Waals surface area (Å²) in [6, 6.07) is 0. The molecule has 0 amide bonds. The minimum Gasteiger partial charge on any atom is -0.392 e. The molecule has 1 heterocycles. The maximum absolute atomic E-state index is 9.61. The van der Waals surface area contributed by atoms with Crippen LogP contribution in [0.25, 0.3) is 0 Å². The molecule has 1 aliphatic rings. The molecule has 1 rings (SSSR count). The zero-order valence-electron chi connectivity index (χ0n) is 12.5. The number of hydrogen-bond donors (Lipinski definition) is 1. The highest BCUT2D eigenvalue weighted by Gasteiger charge is 2.35. The highest BCUT2D eigenvalue weighted by Crippen LogP contribution is 2.26. The number of ether oxygens (including phenoxy) is 1. The molecule has 2 unspecified atom stereocenters. The van der Waals surface area contributed by atoms with Crippen molar-refractivity contribution in [3.05, 3.63) is 0 Å². The first-order valence-electron chi connectivity index (χ1n) is 6.76. The summed E-state index contributed by atoms with van der Waals surface area (Å²) < 4.78 is 17.8. The van der Waals surface area contributed by atoms with E-state index < -0.39 is 22.9 Å². The highest BCUT2D eigenvalue weighted by molar-refractivity contribution is 6.70. The Bertz CT molecular complexity index is 244. The predicted octanol–water partition coefficient (Wildman–Crippen LogP) is 2.90. The summed E-state index contributed by atoms with van der Waals surface area (Å²) >= 11 is 0. The van der Waals surface area contributed by atoms with E-state index in [0.29, 0.717) is 6.42 Å². The summed E-state index contributed by atoms with van der Waals surface area (Å²) in [5.74, 6) is 0. The van der Waals surface area contributed by atoms with Gasteiger partial charge in [-0.3, -0.25) is 0 Å². The van der Waals surface area contributed by atoms with Gasteiger partial charge in [-0.05, 0) is 58.5 Å². The Kier molecular flexibility index (Phi) is 5.58. The smallest absolute Gasteiger partial charge is 0.187 e. The fourth-order valence-electron chi connectivity index (χ4n) is 1.90. The second-order valence-corrected chi connectivity index (χ2v) is 15.8. The topological polar surface area (TPSA) is 47.9 Å². The normalized spacial score (nSPS) is 26.7. The van der Waals surface area contributed by atoms with Crippen LogP contribution in [0.3, 0.4) is 0 Å². The van der Waals surface area contributed by atoms with Crippen LogP contribution in [0.1, 0.15) is 19.3 Å². The summed E-state index contributed by atoms with van der Waals surface area (Å²) in [7, 11) is -3.38. The van der Waals surface area contributed by atoms with Gasteiger partial charge in [0.25, 0.3) is 0 Å². The number of aliphatic hydroxyl groups excluding tert-OH is 1. The van der Waals surface area contributed by atoms with Crippen LogP contribution in [0, 0.1) is 0 Å². The van der Waals surface area contributed by atoms with Gasteiger partial charge in [0.05, 0.1) is 0 Å². The van der Waals surface area contributed by atoms with E-state index in [2.05, 4.69) is 39.3 Å². The lowest BCUT2D eigenvalue weighted by Crippen LogP contribution is -2.48. The number of rotatable bonds is 5. The van der Waals surface area contributed by atoms with E-state index in [4.69, 9.17) is 13.6 Å². The van der Waals surface area contributed by atoms with Crippen molar-refractivity contribution in [3.8, 4) is 0 Å². The fraction of sp³-hybridized carbons (Fsp3) is 1.00. The molecule has 0 bridgehead atoms. The minimum atomic E-state index is -1.69. The average molecular weight is 293 g/mol. The zero-order chi connectivity index (χ0) is 14.0. The van der Waals surface area contributed by atoms with Crippen molar-refractivity contribution >= 4 is 16.6 Å². The van der Waals surface area contributed by atoms with Crippen molar-refractivity contribution in [2.45, 2.75) is 77.2 Å². The van der Waals surface area contributed by atoms with Crippen LogP contribution in [0.15, 0.2) is 0 Å². The molecule has 18 heavy (non-hydrogen) atoms. The predicted molar refractivity (Wildman–Crippen MR) is 77.4 cm³/mol. The third-order valence-corrected chi connectivity index (χ3v) is 4.39. The lowest BCUT2D eigenvalue weighted by molar-refractivity contribution is -0.220. The highest BCUT2D eigenvalue weighted by atomic mass is 28.4. The third kappa shape index (κ3) is 6.44. The monoisotopic (exact) mass is 292 g/mol. The van der Waals surface area contributed by atoms with E-state index in [1.165, 1.54) is 0 Å². The zero-order valence-corrected chi connectivity index (χ0v) is 14.5. The molecule has 0 aliphatic carbocycles. The van der Waals surface area contributed by atoms with Crippen molar-refractivity contribution in [1.29, 1.82) is 0 Å². The standard InChI is InChI=1S/C12H28O4Si2/c1-17(2,3)15-12(16-18(4,5)6)10-8-7-9-11(13)14-10/h10-13H,7-9H2,1-6H3. The Labute approximate surface area is 113 Å². The Morgan fingerprint density at radius 1 is 1.00 bits per heavy atom. The lowest BCUT2D eigenvalue weighted by atomic mass is 10.1. The first kappa shape index (κ1) is 16.3. The Morgan fingerprint density at radius 3 is 1.89 bits per heavy atom. The largest absolute Gasteiger partial charge is 0.392 e. The van der Waals surface area contributed by atoms with E-state index in [0.717, 1.165) is 12.8 Å². The molecular formula is C12H28O4Si2. The van der Waals surface area contributed by atoms with Gasteiger partial charge in [-0.15, -0.1) is 0 Å². The molecule has 0 aromatic carbocycles. The maximum Gasteiger partial charge on any atom is 0.187 e. The summed E-state index contributed by atoms with van der Waals surface area (Å²) in [4.78, 5) is 0. The van der Waals surface area contributed by atoms with Crippen LogP contribution in [-0.4, -0.2) is 40.4 Å². The molecule has 4 nitrogen and oxygen atoms in total. The molecule has 0 aromatic heterocycles. The second-order valence-electron chi connectivity index (χ2n) is 6.89. The average Bonchev–Trinajstić information content (AvgIpc) is 2.12. The van der Waals surface area contributed by atoms with Crippen LogP contribution in [0.2, 0.25) is 39.3 Å². The van der Waals surface area contributed by atoms with Gasteiger partial charge in [-0.25, -0.2) is 0 Å². The van der Waals surface area contributed by atoms with Crippen molar-refractivity contribution in [1.82, 2.24) is 0 Å². The van der Waals surface area contributed by atoms with Crippen LogP contribution in [0.5, 0.6) is 0 Å². The van der Waals surface area contributed by atoms with E-state index in [1.807, 2.05) is 0 Å². The first-order valence-corrected chi connectivity index (χ1v) is 13.6. The van der Waals surface area contributed by atoms with E-state index in [1.54, 1.807) is 0 Å². The molecule has 108 valence electrons. The molecule has 1 aliphatic heterocycles. The van der Waals surface area contributed by atoms with Gasteiger partial charge in [-0.2, -0.15) is 0 Å². The van der Waals surface area contributed by atoms with Crippen molar-refractivity contribution < 1.29 is 18.7 Å². The van der Waals surface area contributed by atoms with Gasteiger partial charge < -0.3 is 18.7 Å². The molecule has 0 spiro atoms. The summed E-state index contributed by atoms with van der Waals surface area (Å²) in [6.45, 7) is 12.9. The van der Waals surface area contributed by atoms with Gasteiger partial charge >= 0.3 is 0 Å². The Balaban J connectivity index is 2.69. The molecule has 1 N–H and O–H groups in total. The Hall–Kier alpha value is 0.274. The van der Waals surface area contributed by atoms with Crippen LogP contribution < -0.4 is 0 Å². The number of aliphatic hydroxyl groups is 1. The van der Waals surface area contributed by atoms with Crippen molar-refractivity contribution in [2.24, 2.45) is 0 Å². The molecule has 1 saturated heterocycles. The van der Waals surface area contributed by atoms with E-state index >= 15 is 0 Å². The van der Waals surface area contributed by atoms with Gasteiger partial charge in [0.15, 0.2) is 29.2 Å².